The van der Waals surface area contributed by atoms with Crippen LogP contribution in [0.5, 0.6) is 5.75 Å². The molecule has 1 aromatic carbocycles. The number of aryl methyl sites for hydroxylation is 1. The topological polar surface area (TPSA) is 21.3 Å². The Morgan fingerprint density at radius 2 is 1.95 bits per heavy atom. The van der Waals surface area contributed by atoms with E-state index in [1.165, 1.54) is 30.4 Å². The molecular weight excluding hydrogens is 258 g/mol. The number of nitrogens with one attached hydrogen (secondary N) is 1. The molecule has 1 N–H and O–H groups in total. The van der Waals surface area contributed by atoms with Gasteiger partial charge in [0.1, 0.15) is 5.75 Å². The molecule has 3 saturated carbocycles. The smallest absolute Gasteiger partial charge is 0.122 e. The molecule has 5 atom stereocenters. The molecule has 2 bridgehead atoms. The number of hydrogen-bond donors (Lipinski definition) is 1. The molecule has 4 rings (SSSR count). The average molecular weight is 285 g/mol. The third kappa shape index (κ3) is 2.11. The fourth-order valence-electron chi connectivity index (χ4n) is 5.66. The third-order valence-corrected chi connectivity index (χ3v) is 6.51. The van der Waals surface area contributed by atoms with E-state index in [1.54, 1.807) is 7.11 Å². The van der Waals surface area contributed by atoms with Gasteiger partial charge in [0, 0.05) is 6.04 Å². The van der Waals surface area contributed by atoms with Crippen molar-refractivity contribution in [3.8, 4) is 5.75 Å². The first-order valence-corrected chi connectivity index (χ1v) is 8.53. The lowest BCUT2D eigenvalue weighted by Gasteiger charge is -2.21. The SMILES string of the molecule is CNC(Cc1cc(C)ccc1OC)C1C2C3CCC(C3)C21. The van der Waals surface area contributed by atoms with Crippen molar-refractivity contribution >= 4 is 0 Å². The molecular formula is C19H27NO. The van der Waals surface area contributed by atoms with Gasteiger partial charge in [-0.05, 0) is 80.9 Å². The summed E-state index contributed by atoms with van der Waals surface area (Å²) in [6.07, 6.45) is 5.66. The van der Waals surface area contributed by atoms with Gasteiger partial charge in [0.05, 0.1) is 7.11 Å². The fraction of sp³-hybridized carbons (Fsp3) is 0.684. The van der Waals surface area contributed by atoms with Crippen LogP contribution < -0.4 is 10.1 Å². The monoisotopic (exact) mass is 285 g/mol. The van der Waals surface area contributed by atoms with Crippen LogP contribution in [-0.4, -0.2) is 20.2 Å². The van der Waals surface area contributed by atoms with Crippen LogP contribution in [0.2, 0.25) is 0 Å². The summed E-state index contributed by atoms with van der Waals surface area (Å²) in [4.78, 5) is 0. The Bertz CT molecular complexity index is 524. The Morgan fingerprint density at radius 1 is 1.24 bits per heavy atom. The van der Waals surface area contributed by atoms with Gasteiger partial charge in [0.2, 0.25) is 0 Å². The average Bonchev–Trinajstić information content (AvgIpc) is 2.91. The summed E-state index contributed by atoms with van der Waals surface area (Å²) >= 11 is 0. The predicted octanol–water partition coefficient (Wildman–Crippen LogP) is 3.43. The molecule has 114 valence electrons. The Kier molecular flexibility index (Phi) is 3.25. The van der Waals surface area contributed by atoms with E-state index in [0.29, 0.717) is 6.04 Å². The molecule has 3 fully saturated rings. The lowest BCUT2D eigenvalue weighted by Crippen LogP contribution is -2.32. The van der Waals surface area contributed by atoms with Gasteiger partial charge >= 0.3 is 0 Å². The number of benzene rings is 1. The summed E-state index contributed by atoms with van der Waals surface area (Å²) in [6.45, 7) is 2.17. The molecule has 0 aromatic heterocycles. The first-order valence-electron chi connectivity index (χ1n) is 8.53. The van der Waals surface area contributed by atoms with Crippen LogP contribution in [-0.2, 0) is 6.42 Å². The molecule has 2 heteroatoms. The number of methoxy groups -OCH3 is 1. The van der Waals surface area contributed by atoms with Crippen LogP contribution in [0.4, 0.5) is 0 Å². The zero-order valence-electron chi connectivity index (χ0n) is 13.4. The van der Waals surface area contributed by atoms with Gasteiger partial charge in [-0.15, -0.1) is 0 Å². The maximum atomic E-state index is 5.57. The number of fused-ring (bicyclic) bond motifs is 5. The van der Waals surface area contributed by atoms with Gasteiger partial charge in [-0.2, -0.15) is 0 Å². The van der Waals surface area contributed by atoms with Gasteiger partial charge in [0.15, 0.2) is 0 Å². The van der Waals surface area contributed by atoms with Crippen molar-refractivity contribution in [3.63, 3.8) is 0 Å². The van der Waals surface area contributed by atoms with Crippen molar-refractivity contribution in [2.75, 3.05) is 14.2 Å². The molecule has 3 aliphatic carbocycles. The number of hydrogen-bond acceptors (Lipinski definition) is 2. The van der Waals surface area contributed by atoms with Crippen molar-refractivity contribution in [2.24, 2.45) is 29.6 Å². The van der Waals surface area contributed by atoms with Crippen molar-refractivity contribution in [2.45, 2.75) is 38.6 Å². The summed E-state index contributed by atoms with van der Waals surface area (Å²) < 4.78 is 5.57. The third-order valence-electron chi connectivity index (χ3n) is 6.51. The Hall–Kier alpha value is -1.02. The molecule has 3 aliphatic rings. The first kappa shape index (κ1) is 13.6. The lowest BCUT2D eigenvalue weighted by atomic mass is 9.92. The second-order valence-electron chi connectivity index (χ2n) is 7.48. The quantitative estimate of drug-likeness (QED) is 0.895. The van der Waals surface area contributed by atoms with Gasteiger partial charge in [0.25, 0.3) is 0 Å². The van der Waals surface area contributed by atoms with E-state index < -0.39 is 0 Å². The largest absolute Gasteiger partial charge is 0.496 e. The highest BCUT2D eigenvalue weighted by Crippen LogP contribution is 2.70. The maximum absolute atomic E-state index is 5.57. The molecule has 21 heavy (non-hydrogen) atoms. The van der Waals surface area contributed by atoms with Crippen molar-refractivity contribution in [1.29, 1.82) is 0 Å². The summed E-state index contributed by atoms with van der Waals surface area (Å²) in [5.74, 6) is 6.16. The van der Waals surface area contributed by atoms with E-state index in [-0.39, 0.29) is 0 Å². The van der Waals surface area contributed by atoms with Crippen LogP contribution in [0.25, 0.3) is 0 Å². The second kappa shape index (κ2) is 5.01. The molecule has 0 radical (unpaired) electrons. The van der Waals surface area contributed by atoms with E-state index in [1.807, 2.05) is 0 Å². The van der Waals surface area contributed by atoms with Gasteiger partial charge in [-0.25, -0.2) is 0 Å². The lowest BCUT2D eigenvalue weighted by molar-refractivity contribution is 0.367. The molecule has 0 amide bonds. The minimum Gasteiger partial charge on any atom is -0.496 e. The molecule has 0 aliphatic heterocycles. The Morgan fingerprint density at radius 3 is 2.57 bits per heavy atom. The summed E-state index contributed by atoms with van der Waals surface area (Å²) in [5, 5.41) is 3.63. The van der Waals surface area contributed by atoms with Gasteiger partial charge < -0.3 is 10.1 Å². The van der Waals surface area contributed by atoms with E-state index in [9.17, 15) is 0 Å². The highest BCUT2D eigenvalue weighted by Gasteiger charge is 2.66. The molecule has 0 heterocycles. The van der Waals surface area contributed by atoms with Crippen molar-refractivity contribution in [3.05, 3.63) is 29.3 Å². The Labute approximate surface area is 128 Å². The predicted molar refractivity (Wildman–Crippen MR) is 85.6 cm³/mol. The van der Waals surface area contributed by atoms with Crippen LogP contribution in [0, 0.1) is 36.5 Å². The molecule has 0 spiro atoms. The molecule has 2 nitrogen and oxygen atoms in total. The zero-order chi connectivity index (χ0) is 14.6. The zero-order valence-corrected chi connectivity index (χ0v) is 13.4. The summed E-state index contributed by atoms with van der Waals surface area (Å²) in [7, 11) is 3.93. The van der Waals surface area contributed by atoms with Crippen LogP contribution in [0.1, 0.15) is 30.4 Å². The van der Waals surface area contributed by atoms with Crippen LogP contribution >= 0.6 is 0 Å². The molecule has 0 saturated heterocycles. The summed E-state index contributed by atoms with van der Waals surface area (Å²) in [5.41, 5.74) is 2.70. The number of rotatable bonds is 5. The Balaban J connectivity index is 1.52. The van der Waals surface area contributed by atoms with Crippen molar-refractivity contribution < 1.29 is 4.74 Å². The number of ether oxygens (including phenoxy) is 1. The maximum Gasteiger partial charge on any atom is 0.122 e. The van der Waals surface area contributed by atoms with Gasteiger partial charge in [-0.1, -0.05) is 17.7 Å². The van der Waals surface area contributed by atoms with E-state index in [2.05, 4.69) is 37.5 Å². The van der Waals surface area contributed by atoms with Crippen LogP contribution in [0.3, 0.4) is 0 Å². The first-order chi connectivity index (χ1) is 10.2. The summed E-state index contributed by atoms with van der Waals surface area (Å²) in [6, 6.07) is 7.19. The second-order valence-corrected chi connectivity index (χ2v) is 7.48. The normalized spacial score (nSPS) is 37.4. The highest BCUT2D eigenvalue weighted by molar-refractivity contribution is 5.38. The molecule has 5 unspecified atom stereocenters. The standard InChI is InChI=1S/C19H27NO/c1-11-4-7-16(21-3)14(8-11)10-15(20-2)19-17-12-5-6-13(9-12)18(17)19/h4,7-8,12-13,15,17-20H,5-6,9-10H2,1-3H3. The molecule has 1 aromatic rings. The number of likely N-dealkylation sites (N-methyl/N-ethyl adjacent to an activating group) is 1. The highest BCUT2D eigenvalue weighted by atomic mass is 16.5. The van der Waals surface area contributed by atoms with Gasteiger partial charge in [-0.3, -0.25) is 0 Å². The minimum atomic E-state index is 0.624. The van der Waals surface area contributed by atoms with E-state index in [0.717, 1.165) is 41.8 Å². The fourth-order valence-corrected chi connectivity index (χ4v) is 5.66. The van der Waals surface area contributed by atoms with E-state index in [4.69, 9.17) is 4.74 Å². The van der Waals surface area contributed by atoms with E-state index >= 15 is 0 Å². The minimum absolute atomic E-state index is 0.624. The van der Waals surface area contributed by atoms with Crippen LogP contribution in [0.15, 0.2) is 18.2 Å². The van der Waals surface area contributed by atoms with Crippen molar-refractivity contribution in [1.82, 2.24) is 5.32 Å².